The lowest BCUT2D eigenvalue weighted by Crippen LogP contribution is -2.48. The molecule has 7 rings (SSSR count). The first-order chi connectivity index (χ1) is 19.9. The van der Waals surface area contributed by atoms with Crippen molar-refractivity contribution in [3.63, 3.8) is 0 Å². The number of nitrogens with zero attached hydrogens (tertiary/aromatic N) is 7. The van der Waals surface area contributed by atoms with Crippen LogP contribution in [-0.2, 0) is 0 Å². The number of rotatable bonds is 5. The van der Waals surface area contributed by atoms with Crippen LogP contribution in [0.4, 0.5) is 5.82 Å². The summed E-state index contributed by atoms with van der Waals surface area (Å²) < 4.78 is 1.49. The number of aromatic nitrogens is 7. The van der Waals surface area contributed by atoms with Crippen LogP contribution in [0.15, 0.2) is 61.2 Å². The van der Waals surface area contributed by atoms with Gasteiger partial charge in [0.2, 0.25) is 5.82 Å². The molecule has 0 spiro atoms. The molecule has 0 radical (unpaired) electrons. The largest absolute Gasteiger partial charge is 0.391 e. The van der Waals surface area contributed by atoms with E-state index in [2.05, 4.69) is 25.3 Å². The Morgan fingerprint density at radius 2 is 1.85 bits per heavy atom. The van der Waals surface area contributed by atoms with Crippen LogP contribution >= 0.6 is 0 Å². The van der Waals surface area contributed by atoms with Gasteiger partial charge in [-0.3, -0.25) is 19.7 Å². The number of amides is 1. The van der Waals surface area contributed by atoms with Crippen molar-refractivity contribution in [2.24, 2.45) is 0 Å². The third kappa shape index (κ3) is 4.06. The minimum absolute atomic E-state index is 0.136. The molecular formula is C29H27N9O3. The van der Waals surface area contributed by atoms with Crippen molar-refractivity contribution >= 4 is 23.2 Å². The normalized spacial score (nSPS) is 21.9. The maximum Gasteiger partial charge on any atom is 0.291 e. The number of Topliss-reactive ketones (excluding diaryl/α,β-unsaturated/α-hetero) is 1. The van der Waals surface area contributed by atoms with Crippen LogP contribution in [0.1, 0.15) is 58.8 Å². The molecule has 12 heteroatoms. The van der Waals surface area contributed by atoms with E-state index in [1.165, 1.54) is 17.8 Å². The lowest BCUT2D eigenvalue weighted by atomic mass is 9.85. The van der Waals surface area contributed by atoms with Gasteiger partial charge in [-0.25, -0.2) is 9.97 Å². The molecule has 4 atom stereocenters. The van der Waals surface area contributed by atoms with Crippen molar-refractivity contribution < 1.29 is 14.7 Å². The number of hydrogen-bond donors (Lipinski definition) is 3. The summed E-state index contributed by atoms with van der Waals surface area (Å²) in [6.07, 6.45) is 5.43. The number of H-pyrrole nitrogens is 1. The number of nitrogens with two attached hydrogens (primary N) is 1. The first-order valence-electron chi connectivity index (χ1n) is 13.5. The molecule has 2 fully saturated rings. The van der Waals surface area contributed by atoms with Gasteiger partial charge in [0, 0.05) is 34.8 Å². The van der Waals surface area contributed by atoms with Crippen molar-refractivity contribution in [3.8, 4) is 22.4 Å². The van der Waals surface area contributed by atoms with E-state index in [9.17, 15) is 14.7 Å². The van der Waals surface area contributed by atoms with E-state index < -0.39 is 12.1 Å². The first kappa shape index (κ1) is 25.0. The molecule has 0 saturated carbocycles. The second kappa shape index (κ2) is 9.59. The lowest BCUT2D eigenvalue weighted by molar-refractivity contribution is 0.0444. The van der Waals surface area contributed by atoms with Gasteiger partial charge in [0.25, 0.3) is 5.91 Å². The Labute approximate surface area is 234 Å². The number of aromatic amines is 1. The molecule has 2 aliphatic heterocycles. The molecule has 1 amide bonds. The molecule has 12 nitrogen and oxygen atoms in total. The third-order valence-corrected chi connectivity index (χ3v) is 8.24. The van der Waals surface area contributed by atoms with Crippen molar-refractivity contribution in [2.75, 3.05) is 5.73 Å². The van der Waals surface area contributed by atoms with Crippen LogP contribution in [0, 0.1) is 0 Å². The van der Waals surface area contributed by atoms with Crippen LogP contribution < -0.4 is 5.73 Å². The zero-order valence-corrected chi connectivity index (χ0v) is 22.2. The van der Waals surface area contributed by atoms with Crippen molar-refractivity contribution in [2.45, 2.75) is 50.3 Å². The van der Waals surface area contributed by atoms with Gasteiger partial charge in [0.1, 0.15) is 12.1 Å². The summed E-state index contributed by atoms with van der Waals surface area (Å²) in [6, 6.07) is 13.1. The monoisotopic (exact) mass is 549 g/mol. The molecule has 4 aromatic heterocycles. The Bertz CT molecular complexity index is 1770. The molecule has 4 N–H and O–H groups in total. The highest BCUT2D eigenvalue weighted by Gasteiger charge is 2.50. The van der Waals surface area contributed by atoms with Crippen molar-refractivity contribution in [3.05, 3.63) is 78.3 Å². The van der Waals surface area contributed by atoms with Crippen molar-refractivity contribution in [1.29, 1.82) is 0 Å². The Balaban J connectivity index is 1.27. The molecule has 0 aliphatic carbocycles. The van der Waals surface area contributed by atoms with Gasteiger partial charge in [-0.15, -0.1) is 0 Å². The first-order valence-corrected chi connectivity index (χ1v) is 13.5. The summed E-state index contributed by atoms with van der Waals surface area (Å²) in [6.45, 7) is 1.46. The predicted octanol–water partition coefficient (Wildman–Crippen LogP) is 2.88. The highest BCUT2D eigenvalue weighted by Crippen LogP contribution is 2.45. The second-order valence-corrected chi connectivity index (χ2v) is 10.6. The van der Waals surface area contributed by atoms with Crippen LogP contribution in [0.25, 0.3) is 28.0 Å². The van der Waals surface area contributed by atoms with Crippen LogP contribution in [-0.4, -0.2) is 74.6 Å². The molecule has 2 aliphatic rings. The van der Waals surface area contributed by atoms with Gasteiger partial charge in [0.15, 0.2) is 11.4 Å². The average Bonchev–Trinajstić information content (AvgIpc) is 3.71. The maximum absolute atomic E-state index is 13.2. The van der Waals surface area contributed by atoms with E-state index in [-0.39, 0.29) is 35.3 Å². The SMILES string of the molecule is CC(=O)c1c([C@@H]2C[C@H]3CC(O)[C@@H](C2)N3C(=O)c2ncn[nH]2)nc2c(-c3ccc(-c4ccccc4)nc3)cnn2c1N. The number of aliphatic hydroxyl groups excluding tert-OH is 1. The maximum atomic E-state index is 13.2. The number of fused-ring (bicyclic) bond motifs is 3. The van der Waals surface area contributed by atoms with Gasteiger partial charge < -0.3 is 15.7 Å². The highest BCUT2D eigenvalue weighted by atomic mass is 16.3. The summed E-state index contributed by atoms with van der Waals surface area (Å²) in [7, 11) is 0. The third-order valence-electron chi connectivity index (χ3n) is 8.24. The summed E-state index contributed by atoms with van der Waals surface area (Å²) >= 11 is 0. The molecule has 5 aromatic rings. The Hall–Kier alpha value is -4.97. The van der Waals surface area contributed by atoms with Crippen LogP contribution in [0.2, 0.25) is 0 Å². The number of hydrogen-bond acceptors (Lipinski definition) is 9. The standard InChI is InChI=1S/C29H27N9O3/c1-15(39)24-25(18-9-19-11-23(40)22(10-18)37(19)29(41)27-32-14-33-36-27)35-28-20(13-34-38(28)26(24)30)17-7-8-21(31-12-17)16-5-3-2-4-6-16/h2-8,12-14,18-19,22-23,40H,9-11,30H2,1H3,(H,32,33,36)/t18-,19+,22-,23?/m1/s1. The second-order valence-electron chi connectivity index (χ2n) is 10.6. The van der Waals surface area contributed by atoms with Crippen LogP contribution in [0.5, 0.6) is 0 Å². The van der Waals surface area contributed by atoms with Crippen molar-refractivity contribution in [1.82, 2.24) is 39.7 Å². The fourth-order valence-corrected chi connectivity index (χ4v) is 6.40. The number of ketones is 1. The quantitative estimate of drug-likeness (QED) is 0.279. The number of anilines is 1. The van der Waals surface area contributed by atoms with Crippen LogP contribution in [0.3, 0.4) is 0 Å². The topological polar surface area (TPSA) is 168 Å². The fourth-order valence-electron chi connectivity index (χ4n) is 6.40. The van der Waals surface area contributed by atoms with E-state index >= 15 is 0 Å². The number of benzene rings is 1. The molecule has 41 heavy (non-hydrogen) atoms. The Morgan fingerprint density at radius 3 is 2.54 bits per heavy atom. The summed E-state index contributed by atoms with van der Waals surface area (Å²) in [5, 5.41) is 21.7. The zero-order chi connectivity index (χ0) is 28.2. The molecule has 6 heterocycles. The number of nitrogen functional groups attached to an aromatic ring is 1. The van der Waals surface area contributed by atoms with Gasteiger partial charge in [-0.05, 0) is 32.3 Å². The minimum atomic E-state index is -0.696. The number of aliphatic hydroxyl groups is 1. The van der Waals surface area contributed by atoms with E-state index in [0.29, 0.717) is 36.2 Å². The van der Waals surface area contributed by atoms with Gasteiger partial charge >= 0.3 is 0 Å². The Kier molecular flexibility index (Phi) is 5.86. The molecular weight excluding hydrogens is 522 g/mol. The van der Waals surface area contributed by atoms with E-state index in [4.69, 9.17) is 10.7 Å². The molecule has 206 valence electrons. The number of nitrogens with one attached hydrogen (secondary N) is 1. The number of piperidine rings is 1. The van der Waals surface area contributed by atoms with Gasteiger partial charge in [-0.1, -0.05) is 36.4 Å². The number of carbonyl (C=O) groups is 2. The van der Waals surface area contributed by atoms with E-state index in [0.717, 1.165) is 22.4 Å². The predicted molar refractivity (Wildman–Crippen MR) is 149 cm³/mol. The highest BCUT2D eigenvalue weighted by molar-refractivity contribution is 6.00. The zero-order valence-electron chi connectivity index (χ0n) is 22.2. The molecule has 1 unspecified atom stereocenters. The van der Waals surface area contributed by atoms with E-state index in [1.54, 1.807) is 17.3 Å². The van der Waals surface area contributed by atoms with Gasteiger partial charge in [-0.2, -0.15) is 14.7 Å². The molecule has 2 saturated heterocycles. The lowest BCUT2D eigenvalue weighted by Gasteiger charge is -2.39. The smallest absolute Gasteiger partial charge is 0.291 e. The summed E-state index contributed by atoms with van der Waals surface area (Å²) in [5.74, 6) is -0.367. The van der Waals surface area contributed by atoms with Gasteiger partial charge in [0.05, 0.1) is 35.3 Å². The summed E-state index contributed by atoms with van der Waals surface area (Å²) in [5.41, 5.74) is 11.4. The number of carbonyl (C=O) groups excluding carboxylic acids is 2. The average molecular weight is 550 g/mol. The molecule has 2 bridgehead atoms. The fraction of sp³-hybridized carbons (Fsp3) is 0.276. The molecule has 1 aromatic carbocycles. The Morgan fingerprint density at radius 1 is 1.02 bits per heavy atom. The van der Waals surface area contributed by atoms with E-state index in [1.807, 2.05) is 42.5 Å². The minimum Gasteiger partial charge on any atom is -0.391 e. The summed E-state index contributed by atoms with van der Waals surface area (Å²) in [4.78, 5) is 41.4. The number of pyridine rings is 1.